The van der Waals surface area contributed by atoms with E-state index in [1.807, 2.05) is 6.92 Å². The van der Waals surface area contributed by atoms with E-state index in [1.54, 1.807) is 13.0 Å². The summed E-state index contributed by atoms with van der Waals surface area (Å²) in [4.78, 5) is 12.1. The summed E-state index contributed by atoms with van der Waals surface area (Å²) in [6.07, 6.45) is 0.415. The van der Waals surface area contributed by atoms with Crippen LogP contribution in [-0.4, -0.2) is 14.3 Å². The van der Waals surface area contributed by atoms with Crippen LogP contribution >= 0.6 is 10.7 Å². The first-order valence-corrected chi connectivity index (χ1v) is 9.07. The Hall–Kier alpha value is -1.07. The van der Waals surface area contributed by atoms with E-state index >= 15 is 0 Å². The van der Waals surface area contributed by atoms with Gasteiger partial charge in [0.1, 0.15) is 0 Å². The molecule has 1 amide bonds. The molecule has 1 rings (SSSR count). The minimum Gasteiger partial charge on any atom is -0.326 e. The average Bonchev–Trinajstić information content (AvgIpc) is 2.29. The zero-order valence-electron chi connectivity index (χ0n) is 13.0. The topological polar surface area (TPSA) is 63.2 Å². The number of halogens is 1. The van der Waals surface area contributed by atoms with E-state index in [0.717, 1.165) is 0 Å². The minimum atomic E-state index is -3.75. The lowest BCUT2D eigenvalue weighted by atomic mass is 9.80. The van der Waals surface area contributed by atoms with Gasteiger partial charge >= 0.3 is 0 Å². The zero-order valence-corrected chi connectivity index (χ0v) is 14.6. The molecular formula is C15H22ClNO3S. The van der Waals surface area contributed by atoms with Gasteiger partial charge in [0.05, 0.1) is 4.90 Å². The highest BCUT2D eigenvalue weighted by molar-refractivity contribution is 8.13. The highest BCUT2D eigenvalue weighted by Crippen LogP contribution is 2.29. The van der Waals surface area contributed by atoms with Gasteiger partial charge in [-0.1, -0.05) is 27.7 Å². The van der Waals surface area contributed by atoms with Crippen molar-refractivity contribution in [2.24, 2.45) is 11.3 Å². The molecule has 21 heavy (non-hydrogen) atoms. The van der Waals surface area contributed by atoms with Gasteiger partial charge in [0.2, 0.25) is 5.91 Å². The molecule has 118 valence electrons. The van der Waals surface area contributed by atoms with E-state index in [0.29, 0.717) is 17.7 Å². The molecule has 6 heteroatoms. The maximum atomic E-state index is 12.0. The number of amides is 1. The van der Waals surface area contributed by atoms with E-state index in [-0.39, 0.29) is 22.1 Å². The minimum absolute atomic E-state index is 0.0303. The predicted octanol–water partition coefficient (Wildman–Crippen LogP) is 3.93. The van der Waals surface area contributed by atoms with Gasteiger partial charge in [-0.15, -0.1) is 0 Å². The summed E-state index contributed by atoms with van der Waals surface area (Å²) < 4.78 is 22.5. The van der Waals surface area contributed by atoms with E-state index in [9.17, 15) is 13.2 Å². The second-order valence-corrected chi connectivity index (χ2v) is 9.00. The molecule has 1 unspecified atom stereocenters. The number of carbonyl (C=O) groups is 1. The van der Waals surface area contributed by atoms with Crippen molar-refractivity contribution >= 4 is 31.3 Å². The van der Waals surface area contributed by atoms with E-state index in [1.165, 1.54) is 12.1 Å². The van der Waals surface area contributed by atoms with E-state index < -0.39 is 9.05 Å². The first-order valence-electron chi connectivity index (χ1n) is 6.76. The second-order valence-electron chi connectivity index (χ2n) is 6.43. The quantitative estimate of drug-likeness (QED) is 0.850. The monoisotopic (exact) mass is 331 g/mol. The van der Waals surface area contributed by atoms with Gasteiger partial charge in [-0.3, -0.25) is 4.79 Å². The molecule has 0 radical (unpaired) electrons. The molecule has 0 fully saturated rings. The highest BCUT2D eigenvalue weighted by Gasteiger charge is 2.22. The summed E-state index contributed by atoms with van der Waals surface area (Å²) in [5.74, 6) is 0.155. The van der Waals surface area contributed by atoms with Crippen molar-refractivity contribution in [2.45, 2.75) is 45.9 Å². The fourth-order valence-corrected chi connectivity index (χ4v) is 2.55. The summed E-state index contributed by atoms with van der Waals surface area (Å²) in [6, 6.07) is 4.40. The van der Waals surface area contributed by atoms with Gasteiger partial charge in [-0.2, -0.15) is 0 Å². The first-order chi connectivity index (χ1) is 9.41. The van der Waals surface area contributed by atoms with Crippen LogP contribution in [0.2, 0.25) is 0 Å². The van der Waals surface area contributed by atoms with E-state index in [2.05, 4.69) is 26.1 Å². The van der Waals surface area contributed by atoms with Crippen LogP contribution in [0, 0.1) is 18.3 Å². The molecule has 0 heterocycles. The number of carbonyl (C=O) groups excluding carboxylic acids is 1. The molecule has 0 saturated carbocycles. The first kappa shape index (κ1) is 18.0. The fourth-order valence-electron chi connectivity index (χ4n) is 1.71. The smallest absolute Gasteiger partial charge is 0.261 e. The van der Waals surface area contributed by atoms with Crippen LogP contribution in [0.25, 0.3) is 0 Å². The van der Waals surface area contributed by atoms with Crippen molar-refractivity contribution in [1.82, 2.24) is 0 Å². The van der Waals surface area contributed by atoms with Gasteiger partial charge in [-0.25, -0.2) is 8.42 Å². The van der Waals surface area contributed by atoms with Crippen LogP contribution in [0.15, 0.2) is 23.1 Å². The molecule has 4 nitrogen and oxygen atoms in total. The maximum absolute atomic E-state index is 12.0. The van der Waals surface area contributed by atoms with Crippen LogP contribution in [0.4, 0.5) is 5.69 Å². The van der Waals surface area contributed by atoms with Crippen molar-refractivity contribution in [3.8, 4) is 0 Å². The van der Waals surface area contributed by atoms with Crippen LogP contribution < -0.4 is 5.32 Å². The van der Waals surface area contributed by atoms with Crippen LogP contribution in [0.3, 0.4) is 0 Å². The Morgan fingerprint density at radius 1 is 1.33 bits per heavy atom. The number of hydrogen-bond donors (Lipinski definition) is 1. The number of aryl methyl sites for hydroxylation is 1. The molecule has 0 bridgehead atoms. The largest absolute Gasteiger partial charge is 0.326 e. The van der Waals surface area contributed by atoms with Gasteiger partial charge in [-0.05, 0) is 42.0 Å². The van der Waals surface area contributed by atoms with Gasteiger partial charge in [0.15, 0.2) is 0 Å². The van der Waals surface area contributed by atoms with Crippen LogP contribution in [0.5, 0.6) is 0 Å². The molecule has 1 N–H and O–H groups in total. The molecule has 0 spiro atoms. The van der Waals surface area contributed by atoms with Crippen molar-refractivity contribution < 1.29 is 13.2 Å². The Kier molecular flexibility index (Phi) is 5.45. The number of hydrogen-bond acceptors (Lipinski definition) is 3. The zero-order chi connectivity index (χ0) is 16.4. The average molecular weight is 332 g/mol. The normalized spacial score (nSPS) is 13.8. The number of nitrogens with one attached hydrogen (secondary N) is 1. The standard InChI is InChI=1S/C15H22ClNO3S/c1-10-8-12(21(16,19)20)6-7-13(10)17-14(18)9-11(2)15(3,4)5/h6-8,11H,9H2,1-5H3,(H,17,18). The Morgan fingerprint density at radius 2 is 1.90 bits per heavy atom. The van der Waals surface area contributed by atoms with Crippen LogP contribution in [-0.2, 0) is 13.8 Å². The molecule has 1 aromatic rings. The fraction of sp³-hybridized carbons (Fsp3) is 0.533. The molecule has 0 aliphatic rings. The van der Waals surface area contributed by atoms with Crippen molar-refractivity contribution in [3.63, 3.8) is 0 Å². The Morgan fingerprint density at radius 3 is 2.33 bits per heavy atom. The predicted molar refractivity (Wildman–Crippen MR) is 86.1 cm³/mol. The number of benzene rings is 1. The highest BCUT2D eigenvalue weighted by atomic mass is 35.7. The SMILES string of the molecule is Cc1cc(S(=O)(=O)Cl)ccc1NC(=O)CC(C)C(C)(C)C. The molecule has 0 aromatic heterocycles. The summed E-state index contributed by atoms with van der Waals surface area (Å²) >= 11 is 0. The molecule has 0 saturated heterocycles. The van der Waals surface area contributed by atoms with Crippen molar-refractivity contribution in [3.05, 3.63) is 23.8 Å². The maximum Gasteiger partial charge on any atom is 0.261 e. The summed E-state index contributed by atoms with van der Waals surface area (Å²) in [7, 11) is 1.54. The summed E-state index contributed by atoms with van der Waals surface area (Å²) in [5.41, 5.74) is 1.32. The lowest BCUT2D eigenvalue weighted by Crippen LogP contribution is -2.24. The lowest BCUT2D eigenvalue weighted by Gasteiger charge is -2.26. The Balaban J connectivity index is 2.83. The summed E-state index contributed by atoms with van der Waals surface area (Å²) in [5, 5.41) is 2.82. The van der Waals surface area contributed by atoms with Gasteiger partial charge in [0.25, 0.3) is 9.05 Å². The van der Waals surface area contributed by atoms with Gasteiger partial charge in [0, 0.05) is 22.8 Å². The van der Waals surface area contributed by atoms with Gasteiger partial charge < -0.3 is 5.32 Å². The van der Waals surface area contributed by atoms with E-state index in [4.69, 9.17) is 10.7 Å². The second kappa shape index (κ2) is 6.36. The molecule has 1 aromatic carbocycles. The third-order valence-electron chi connectivity index (χ3n) is 3.72. The number of anilines is 1. The summed E-state index contributed by atoms with van der Waals surface area (Å²) in [6.45, 7) is 10.0. The number of rotatable bonds is 4. The molecule has 1 atom stereocenters. The molecule has 0 aliphatic carbocycles. The third kappa shape index (κ3) is 5.32. The van der Waals surface area contributed by atoms with Crippen molar-refractivity contribution in [2.75, 3.05) is 5.32 Å². The van der Waals surface area contributed by atoms with Crippen LogP contribution in [0.1, 0.15) is 39.7 Å². The molecular weight excluding hydrogens is 310 g/mol. The Bertz CT molecular complexity index is 633. The molecule has 0 aliphatic heterocycles. The third-order valence-corrected chi connectivity index (χ3v) is 5.08. The lowest BCUT2D eigenvalue weighted by molar-refractivity contribution is -0.117. The Labute approximate surface area is 131 Å². The van der Waals surface area contributed by atoms with Crippen molar-refractivity contribution in [1.29, 1.82) is 0 Å².